The van der Waals surface area contributed by atoms with E-state index in [9.17, 15) is 9.59 Å². The second kappa shape index (κ2) is 10.1. The molecule has 0 N–H and O–H groups in total. The van der Waals surface area contributed by atoms with Crippen LogP contribution in [-0.2, 0) is 17.9 Å². The third-order valence-electron chi connectivity index (χ3n) is 5.34. The first-order chi connectivity index (χ1) is 16.9. The summed E-state index contributed by atoms with van der Waals surface area (Å²) in [5.41, 5.74) is 2.08. The molecule has 0 spiro atoms. The van der Waals surface area contributed by atoms with Crippen molar-refractivity contribution < 1.29 is 23.8 Å². The van der Waals surface area contributed by atoms with Crippen molar-refractivity contribution >= 4 is 68.1 Å². The highest BCUT2D eigenvalue weighted by atomic mass is 79.9. The largest absolute Gasteiger partial charge is 0.488 e. The molecule has 2 amide bonds. The fraction of sp³-hybridized carbons (Fsp3) is 0.120. The number of amides is 2. The van der Waals surface area contributed by atoms with Gasteiger partial charge in [-0.2, -0.15) is 0 Å². The molecule has 0 unspecified atom stereocenters. The molecule has 2 aliphatic heterocycles. The van der Waals surface area contributed by atoms with E-state index >= 15 is 0 Å². The average Bonchev–Trinajstić information content (AvgIpc) is 3.38. The summed E-state index contributed by atoms with van der Waals surface area (Å²) in [7, 11) is 0. The van der Waals surface area contributed by atoms with Crippen molar-refractivity contribution in [1.82, 2.24) is 4.90 Å². The molecule has 0 bridgehead atoms. The summed E-state index contributed by atoms with van der Waals surface area (Å²) in [6.45, 7) is 0.380. The van der Waals surface area contributed by atoms with Gasteiger partial charge in [-0.1, -0.05) is 57.3 Å². The second-order valence-electron chi connectivity index (χ2n) is 7.63. The topological polar surface area (TPSA) is 65.1 Å². The van der Waals surface area contributed by atoms with E-state index < -0.39 is 5.91 Å². The zero-order valence-corrected chi connectivity index (χ0v) is 21.8. The van der Waals surface area contributed by atoms with Gasteiger partial charge >= 0.3 is 0 Å². The second-order valence-corrected chi connectivity index (χ2v) is 10.4. The van der Waals surface area contributed by atoms with E-state index in [2.05, 4.69) is 15.9 Å². The van der Waals surface area contributed by atoms with E-state index in [-0.39, 0.29) is 30.1 Å². The number of nitrogens with zero attached hydrogens (tertiary/aromatic N) is 1. The lowest BCUT2D eigenvalue weighted by atomic mass is 10.1. The molecule has 10 heteroatoms. The Kier molecular flexibility index (Phi) is 6.98. The van der Waals surface area contributed by atoms with Gasteiger partial charge in [0, 0.05) is 31.7 Å². The maximum Gasteiger partial charge on any atom is 0.293 e. The Morgan fingerprint density at radius 2 is 1.77 bits per heavy atom. The molecular formula is C25H16BrCl2NO5S. The fourth-order valence-corrected chi connectivity index (χ4v) is 5.17. The Balaban J connectivity index is 1.37. The summed E-state index contributed by atoms with van der Waals surface area (Å²) < 4.78 is 17.5. The first-order valence-electron chi connectivity index (χ1n) is 10.4. The summed E-state index contributed by atoms with van der Waals surface area (Å²) >= 11 is 16.9. The smallest absolute Gasteiger partial charge is 0.293 e. The Labute approximate surface area is 223 Å². The fourth-order valence-electron chi connectivity index (χ4n) is 3.56. The Hall–Kier alpha value is -2.65. The van der Waals surface area contributed by atoms with Crippen molar-refractivity contribution in [3.8, 4) is 17.2 Å². The minimum absolute atomic E-state index is 0.0197. The highest BCUT2D eigenvalue weighted by Gasteiger charge is 2.36. The van der Waals surface area contributed by atoms with Crippen LogP contribution in [0.1, 0.15) is 16.7 Å². The maximum absolute atomic E-state index is 13.1. The zero-order valence-electron chi connectivity index (χ0n) is 17.9. The van der Waals surface area contributed by atoms with Gasteiger partial charge in [-0.15, -0.1) is 0 Å². The van der Waals surface area contributed by atoms with Gasteiger partial charge in [0.05, 0.1) is 11.4 Å². The van der Waals surface area contributed by atoms with Crippen molar-refractivity contribution in [1.29, 1.82) is 0 Å². The summed E-state index contributed by atoms with van der Waals surface area (Å²) in [5.74, 6) is 1.21. The number of carbonyl (C=O) groups is 2. The number of benzene rings is 3. The molecule has 0 aliphatic carbocycles. The number of hydrogen-bond donors (Lipinski definition) is 0. The zero-order chi connectivity index (χ0) is 24.5. The highest BCUT2D eigenvalue weighted by Crippen LogP contribution is 2.40. The van der Waals surface area contributed by atoms with Crippen LogP contribution in [0.5, 0.6) is 17.2 Å². The third-order valence-corrected chi connectivity index (χ3v) is 7.46. The van der Waals surface area contributed by atoms with Gasteiger partial charge in [-0.3, -0.25) is 14.5 Å². The van der Waals surface area contributed by atoms with Crippen molar-refractivity contribution in [2.75, 3.05) is 6.79 Å². The maximum atomic E-state index is 13.1. The Bertz CT molecular complexity index is 1380. The molecule has 0 saturated carbocycles. The number of carbonyl (C=O) groups excluding carboxylic acids is 2. The Morgan fingerprint density at radius 1 is 1.00 bits per heavy atom. The first-order valence-corrected chi connectivity index (χ1v) is 12.7. The minimum Gasteiger partial charge on any atom is -0.488 e. The first kappa shape index (κ1) is 24.1. The molecular weight excluding hydrogens is 577 g/mol. The van der Waals surface area contributed by atoms with Crippen LogP contribution < -0.4 is 14.2 Å². The molecule has 178 valence electrons. The quantitative estimate of drug-likeness (QED) is 0.280. The lowest BCUT2D eigenvalue weighted by Gasteiger charge is -2.14. The molecule has 0 atom stereocenters. The molecule has 6 nitrogen and oxygen atoms in total. The normalized spacial score (nSPS) is 15.9. The van der Waals surface area contributed by atoms with E-state index in [1.807, 2.05) is 30.3 Å². The van der Waals surface area contributed by atoms with Gasteiger partial charge in [-0.05, 0) is 53.7 Å². The molecule has 0 radical (unpaired) electrons. The molecule has 1 fully saturated rings. The lowest BCUT2D eigenvalue weighted by molar-refractivity contribution is -0.123. The molecule has 5 rings (SSSR count). The number of rotatable bonds is 6. The van der Waals surface area contributed by atoms with Gasteiger partial charge in [0.15, 0.2) is 11.5 Å². The van der Waals surface area contributed by atoms with E-state index in [0.29, 0.717) is 38.4 Å². The molecule has 3 aromatic rings. The van der Waals surface area contributed by atoms with Crippen molar-refractivity contribution in [2.24, 2.45) is 0 Å². The number of thioether (sulfide) groups is 1. The van der Waals surface area contributed by atoms with Crippen molar-refractivity contribution in [3.63, 3.8) is 0 Å². The average molecular weight is 593 g/mol. The van der Waals surface area contributed by atoms with Crippen LogP contribution in [0.3, 0.4) is 0 Å². The van der Waals surface area contributed by atoms with E-state index in [0.717, 1.165) is 26.7 Å². The van der Waals surface area contributed by atoms with Crippen LogP contribution >= 0.6 is 50.9 Å². The number of hydrogen-bond acceptors (Lipinski definition) is 6. The number of halogens is 3. The van der Waals surface area contributed by atoms with Crippen LogP contribution in [0.4, 0.5) is 4.79 Å². The Morgan fingerprint density at radius 3 is 2.57 bits per heavy atom. The van der Waals surface area contributed by atoms with Gasteiger partial charge in [0.1, 0.15) is 12.4 Å². The molecule has 0 aromatic heterocycles. The molecule has 3 aromatic carbocycles. The lowest BCUT2D eigenvalue weighted by Crippen LogP contribution is -2.27. The van der Waals surface area contributed by atoms with Crippen LogP contribution in [-0.4, -0.2) is 22.8 Å². The number of imide groups is 1. The van der Waals surface area contributed by atoms with Crippen LogP contribution in [0, 0.1) is 0 Å². The van der Waals surface area contributed by atoms with Gasteiger partial charge in [-0.25, -0.2) is 0 Å². The van der Waals surface area contributed by atoms with Crippen LogP contribution in [0.15, 0.2) is 64.0 Å². The number of ether oxygens (including phenoxy) is 3. The van der Waals surface area contributed by atoms with Crippen LogP contribution in [0.25, 0.3) is 6.08 Å². The standard InChI is InChI=1S/C25H16BrCl2NO5S/c26-17-5-6-20(32-12-14-3-1-2-4-18(14)27)15(7-17)9-23-24(30)29(25(31)35-23)11-16-8-21-22(10-19(16)28)34-13-33-21/h1-10H,11-13H2/b23-9+. The summed E-state index contributed by atoms with van der Waals surface area (Å²) in [4.78, 5) is 27.3. The van der Waals surface area contributed by atoms with Crippen molar-refractivity contribution in [2.45, 2.75) is 13.2 Å². The van der Waals surface area contributed by atoms with E-state index in [4.69, 9.17) is 37.4 Å². The predicted molar refractivity (Wildman–Crippen MR) is 139 cm³/mol. The number of fused-ring (bicyclic) bond motifs is 1. The highest BCUT2D eigenvalue weighted by molar-refractivity contribution is 9.10. The third kappa shape index (κ3) is 5.16. The predicted octanol–water partition coefficient (Wildman–Crippen LogP) is 7.30. The monoisotopic (exact) mass is 591 g/mol. The minimum atomic E-state index is -0.411. The summed E-state index contributed by atoms with van der Waals surface area (Å²) in [6, 6.07) is 16.2. The molecule has 2 heterocycles. The van der Waals surface area contributed by atoms with Gasteiger partial charge < -0.3 is 14.2 Å². The van der Waals surface area contributed by atoms with Crippen molar-refractivity contribution in [3.05, 3.63) is 90.7 Å². The van der Waals surface area contributed by atoms with Crippen LogP contribution in [0.2, 0.25) is 10.0 Å². The molecule has 2 aliphatic rings. The van der Waals surface area contributed by atoms with Gasteiger partial charge in [0.2, 0.25) is 6.79 Å². The molecule has 35 heavy (non-hydrogen) atoms. The summed E-state index contributed by atoms with van der Waals surface area (Å²) in [6.07, 6.45) is 1.65. The SMILES string of the molecule is O=C1S/C(=C/c2cc(Br)ccc2OCc2ccccc2Cl)C(=O)N1Cc1cc2c(cc1Cl)OCO2. The molecule has 1 saturated heterocycles. The van der Waals surface area contributed by atoms with E-state index in [1.165, 1.54) is 0 Å². The summed E-state index contributed by atoms with van der Waals surface area (Å²) in [5, 5.41) is 0.609. The van der Waals surface area contributed by atoms with E-state index in [1.54, 1.807) is 30.3 Å². The van der Waals surface area contributed by atoms with Gasteiger partial charge in [0.25, 0.3) is 11.1 Å².